The topological polar surface area (TPSA) is 9.23 Å². The molecule has 32 heavy (non-hydrogen) atoms. The van der Waals surface area contributed by atoms with E-state index in [2.05, 4.69) is 55.4 Å². The Labute approximate surface area is 199 Å². The van der Waals surface area contributed by atoms with Crippen LogP contribution in [0.2, 0.25) is 0 Å². The Kier molecular flexibility index (Phi) is 4.48. The highest BCUT2D eigenvalue weighted by Gasteiger charge is 2.72. The summed E-state index contributed by atoms with van der Waals surface area (Å²) in [5, 5.41) is 0. The molecule has 4 unspecified atom stereocenters. The summed E-state index contributed by atoms with van der Waals surface area (Å²) in [5.74, 6) is 4.44. The molecule has 0 amide bonds. The molecule has 1 heterocycles. The van der Waals surface area contributed by atoms with E-state index in [9.17, 15) is 0 Å². The van der Waals surface area contributed by atoms with Gasteiger partial charge in [-0.25, -0.2) is 0 Å². The summed E-state index contributed by atoms with van der Waals surface area (Å²) in [6.45, 7) is 22.3. The number of fused-ring (bicyclic) bond motifs is 5. The van der Waals surface area contributed by atoms with Crippen molar-refractivity contribution in [1.82, 2.24) is 0 Å². The molecule has 182 valence electrons. The van der Waals surface area contributed by atoms with Gasteiger partial charge >= 0.3 is 0 Å². The Hall–Kier alpha value is -0.0400. The molecule has 5 aliphatic carbocycles. The molecular formula is C31H52O. The lowest BCUT2D eigenvalue weighted by atomic mass is 9.31. The Morgan fingerprint density at radius 1 is 0.656 bits per heavy atom. The molecule has 0 radical (unpaired) electrons. The first-order chi connectivity index (χ1) is 14.8. The van der Waals surface area contributed by atoms with Crippen molar-refractivity contribution in [3.8, 4) is 0 Å². The van der Waals surface area contributed by atoms with Crippen LogP contribution in [0.15, 0.2) is 0 Å². The first kappa shape index (κ1) is 22.4. The maximum absolute atomic E-state index is 6.74. The van der Waals surface area contributed by atoms with Crippen LogP contribution in [0.3, 0.4) is 0 Å². The van der Waals surface area contributed by atoms with Gasteiger partial charge in [0.2, 0.25) is 0 Å². The van der Waals surface area contributed by atoms with Crippen molar-refractivity contribution >= 4 is 0 Å². The van der Waals surface area contributed by atoms with Crippen LogP contribution in [0.5, 0.6) is 0 Å². The lowest BCUT2D eigenvalue weighted by Crippen LogP contribution is -2.67. The summed E-state index contributed by atoms with van der Waals surface area (Å²) >= 11 is 0. The largest absolute Gasteiger partial charge is 0.377 e. The minimum Gasteiger partial charge on any atom is -0.377 e. The van der Waals surface area contributed by atoms with Crippen molar-refractivity contribution in [1.29, 1.82) is 0 Å². The van der Waals surface area contributed by atoms with Gasteiger partial charge < -0.3 is 4.74 Å². The van der Waals surface area contributed by atoms with Crippen LogP contribution in [0, 0.1) is 62.1 Å². The number of hydrogen-bond acceptors (Lipinski definition) is 1. The first-order valence-electron chi connectivity index (χ1n) is 14.4. The molecule has 6 aliphatic rings. The van der Waals surface area contributed by atoms with Gasteiger partial charge in [-0.15, -0.1) is 0 Å². The van der Waals surface area contributed by atoms with Crippen LogP contribution in [0.25, 0.3) is 0 Å². The van der Waals surface area contributed by atoms with Gasteiger partial charge in [-0.1, -0.05) is 55.4 Å². The summed E-state index contributed by atoms with van der Waals surface area (Å²) in [5.41, 5.74) is 2.96. The molecule has 0 aromatic carbocycles. The average molecular weight is 441 g/mol. The Morgan fingerprint density at radius 3 is 2.12 bits per heavy atom. The fraction of sp³-hybridized carbons (Fsp3) is 1.00. The fourth-order valence-electron chi connectivity index (χ4n) is 12.1. The molecular weight excluding hydrogens is 388 g/mol. The smallest absolute Gasteiger partial charge is 0.0663 e. The third kappa shape index (κ3) is 2.42. The SMILES string of the molecule is C[C@H]1CC[C@@]2(C)C(CC[C@]3(C)C2CCC2C4[C@@H]5OC[C@@]4(CCC5(C)C)CC[C@]23C)C1(C)C. The van der Waals surface area contributed by atoms with E-state index in [1.165, 1.54) is 64.2 Å². The van der Waals surface area contributed by atoms with Crippen LogP contribution in [-0.4, -0.2) is 12.7 Å². The quantitative estimate of drug-likeness (QED) is 0.367. The van der Waals surface area contributed by atoms with Gasteiger partial charge in [-0.2, -0.15) is 0 Å². The van der Waals surface area contributed by atoms with Gasteiger partial charge in [-0.05, 0) is 126 Å². The number of hydrogen-bond donors (Lipinski definition) is 0. The second-order valence-corrected chi connectivity index (χ2v) is 16.0. The highest BCUT2D eigenvalue weighted by molar-refractivity contribution is 5.20. The fourth-order valence-corrected chi connectivity index (χ4v) is 12.1. The predicted molar refractivity (Wildman–Crippen MR) is 133 cm³/mol. The van der Waals surface area contributed by atoms with Gasteiger partial charge in [0.05, 0.1) is 12.7 Å². The van der Waals surface area contributed by atoms with Gasteiger partial charge in [0.25, 0.3) is 0 Å². The van der Waals surface area contributed by atoms with Gasteiger partial charge in [0.1, 0.15) is 0 Å². The lowest BCUT2D eigenvalue weighted by Gasteiger charge is -2.73. The second kappa shape index (κ2) is 6.39. The molecule has 6 rings (SSSR count). The summed E-state index contributed by atoms with van der Waals surface area (Å²) < 4.78 is 6.74. The summed E-state index contributed by atoms with van der Waals surface area (Å²) in [6.07, 6.45) is 15.1. The van der Waals surface area contributed by atoms with E-state index in [-0.39, 0.29) is 0 Å². The van der Waals surface area contributed by atoms with E-state index in [4.69, 9.17) is 4.74 Å². The molecule has 0 N–H and O–H groups in total. The zero-order valence-corrected chi connectivity index (χ0v) is 22.7. The van der Waals surface area contributed by atoms with E-state index in [0.29, 0.717) is 38.6 Å². The minimum absolute atomic E-state index is 0.369. The third-order valence-electron chi connectivity index (χ3n) is 14.7. The van der Waals surface area contributed by atoms with Crippen molar-refractivity contribution in [3.63, 3.8) is 0 Å². The van der Waals surface area contributed by atoms with Crippen LogP contribution < -0.4 is 0 Å². The highest BCUT2D eigenvalue weighted by atomic mass is 16.5. The van der Waals surface area contributed by atoms with E-state index < -0.39 is 0 Å². The maximum atomic E-state index is 6.74. The molecule has 6 fully saturated rings. The van der Waals surface area contributed by atoms with Crippen molar-refractivity contribution < 1.29 is 4.74 Å². The van der Waals surface area contributed by atoms with E-state index in [1.807, 2.05) is 0 Å². The molecule has 0 aromatic rings. The zero-order valence-electron chi connectivity index (χ0n) is 22.7. The Morgan fingerprint density at radius 2 is 1.38 bits per heavy atom. The van der Waals surface area contributed by atoms with Crippen molar-refractivity contribution in [2.45, 2.75) is 126 Å². The molecule has 2 bridgehead atoms. The molecule has 0 aromatic heterocycles. The first-order valence-corrected chi connectivity index (χ1v) is 14.4. The predicted octanol–water partition coefficient (Wildman–Crippen LogP) is 8.51. The molecule has 5 saturated carbocycles. The normalized spacial score (nSPS) is 60.0. The highest BCUT2D eigenvalue weighted by Crippen LogP contribution is 2.78. The van der Waals surface area contributed by atoms with Crippen molar-refractivity contribution in [3.05, 3.63) is 0 Å². The summed E-state index contributed by atoms with van der Waals surface area (Å²) in [4.78, 5) is 0. The van der Waals surface area contributed by atoms with Crippen LogP contribution in [0.1, 0.15) is 120 Å². The molecule has 1 aliphatic heterocycles. The molecule has 1 heteroatoms. The molecule has 10 atom stereocenters. The summed E-state index contributed by atoms with van der Waals surface area (Å²) in [6, 6.07) is 0. The Balaban J connectivity index is 1.39. The zero-order chi connectivity index (χ0) is 22.9. The van der Waals surface area contributed by atoms with Gasteiger partial charge in [-0.3, -0.25) is 0 Å². The van der Waals surface area contributed by atoms with Gasteiger partial charge in [0.15, 0.2) is 0 Å². The molecule has 1 saturated heterocycles. The van der Waals surface area contributed by atoms with Gasteiger partial charge in [0, 0.05) is 0 Å². The van der Waals surface area contributed by atoms with E-state index in [0.717, 1.165) is 36.2 Å². The molecule has 0 spiro atoms. The molecule has 1 nitrogen and oxygen atoms in total. The van der Waals surface area contributed by atoms with Crippen LogP contribution in [-0.2, 0) is 4.74 Å². The van der Waals surface area contributed by atoms with Crippen molar-refractivity contribution in [2.24, 2.45) is 62.1 Å². The maximum Gasteiger partial charge on any atom is 0.0663 e. The lowest BCUT2D eigenvalue weighted by molar-refractivity contribution is -0.247. The van der Waals surface area contributed by atoms with Crippen LogP contribution in [0.4, 0.5) is 0 Å². The summed E-state index contributed by atoms with van der Waals surface area (Å²) in [7, 11) is 0. The monoisotopic (exact) mass is 440 g/mol. The number of rotatable bonds is 0. The van der Waals surface area contributed by atoms with E-state index >= 15 is 0 Å². The second-order valence-electron chi connectivity index (χ2n) is 16.0. The minimum atomic E-state index is 0.369. The standard InChI is InChI=1S/C31H52O/c1-20-11-13-28(6)22(27(20,4)5)12-14-30(8)23(28)10-9-21-24-25-26(2,3)15-17-31(24,19-32-25)18-16-29(21,30)7/h20-25H,9-19H2,1-8H3/t20-,21?,22?,23?,24?,25-,28-,29+,30+,31+/m0/s1. The number of ether oxygens (including phenoxy) is 1. The van der Waals surface area contributed by atoms with Crippen LogP contribution >= 0.6 is 0 Å². The average Bonchev–Trinajstić information content (AvgIpc) is 3.05. The van der Waals surface area contributed by atoms with E-state index in [1.54, 1.807) is 0 Å². The third-order valence-corrected chi connectivity index (χ3v) is 14.7. The Bertz CT molecular complexity index is 796. The van der Waals surface area contributed by atoms with Crippen molar-refractivity contribution in [2.75, 3.05) is 6.61 Å².